The van der Waals surface area contributed by atoms with Gasteiger partial charge in [0.25, 0.3) is 0 Å². The Bertz CT molecular complexity index is 614. The standard InChI is InChI=1S/C14H11ClF2N2O/c15-10-5-3-7-12(17)13(10)19-14(20)18-8-9-4-1-2-6-11(9)16/h1-7H,8H2,(H2,18,19,20). The van der Waals surface area contributed by atoms with Crippen molar-refractivity contribution in [2.24, 2.45) is 0 Å². The number of nitrogens with one attached hydrogen (secondary N) is 2. The van der Waals surface area contributed by atoms with Crippen molar-refractivity contribution < 1.29 is 13.6 Å². The minimum Gasteiger partial charge on any atom is -0.334 e. The summed E-state index contributed by atoms with van der Waals surface area (Å²) in [5.74, 6) is -1.06. The molecule has 0 aromatic heterocycles. The fourth-order valence-corrected chi connectivity index (χ4v) is 1.80. The van der Waals surface area contributed by atoms with Crippen LogP contribution in [-0.4, -0.2) is 6.03 Å². The highest BCUT2D eigenvalue weighted by atomic mass is 35.5. The smallest absolute Gasteiger partial charge is 0.319 e. The van der Waals surface area contributed by atoms with Crippen LogP contribution in [-0.2, 0) is 6.54 Å². The van der Waals surface area contributed by atoms with Crippen LogP contribution in [0.2, 0.25) is 5.02 Å². The number of carbonyl (C=O) groups excluding carboxylic acids is 1. The molecule has 0 heterocycles. The largest absolute Gasteiger partial charge is 0.334 e. The zero-order valence-electron chi connectivity index (χ0n) is 10.3. The Morgan fingerprint density at radius 3 is 2.45 bits per heavy atom. The number of carbonyl (C=O) groups is 1. The molecule has 0 fully saturated rings. The van der Waals surface area contributed by atoms with Crippen LogP contribution >= 0.6 is 11.6 Å². The summed E-state index contributed by atoms with van der Waals surface area (Å²) < 4.78 is 26.8. The summed E-state index contributed by atoms with van der Waals surface area (Å²) in [4.78, 5) is 11.6. The van der Waals surface area contributed by atoms with Gasteiger partial charge in [0.05, 0.1) is 10.7 Å². The van der Waals surface area contributed by atoms with Crippen molar-refractivity contribution in [2.45, 2.75) is 6.54 Å². The molecule has 2 N–H and O–H groups in total. The van der Waals surface area contributed by atoms with Gasteiger partial charge in [-0.25, -0.2) is 13.6 Å². The van der Waals surface area contributed by atoms with E-state index in [1.165, 1.54) is 24.3 Å². The molecule has 6 heteroatoms. The molecule has 0 saturated heterocycles. The average molecular weight is 297 g/mol. The molecule has 3 nitrogen and oxygen atoms in total. The minimum absolute atomic E-state index is 0.00935. The predicted octanol–water partition coefficient (Wildman–Crippen LogP) is 3.94. The summed E-state index contributed by atoms with van der Waals surface area (Å²) in [5.41, 5.74) is 0.225. The number of halogens is 3. The maximum atomic E-state index is 13.5. The summed E-state index contributed by atoms with van der Waals surface area (Å²) in [6, 6.07) is 9.45. The highest BCUT2D eigenvalue weighted by Gasteiger charge is 2.10. The van der Waals surface area contributed by atoms with E-state index in [0.717, 1.165) is 0 Å². The van der Waals surface area contributed by atoms with Gasteiger partial charge in [-0.2, -0.15) is 0 Å². The Kier molecular flexibility index (Phi) is 4.53. The third kappa shape index (κ3) is 3.45. The number of hydrogen-bond donors (Lipinski definition) is 2. The second kappa shape index (κ2) is 6.34. The van der Waals surface area contributed by atoms with E-state index in [9.17, 15) is 13.6 Å². The number of hydrogen-bond acceptors (Lipinski definition) is 1. The molecule has 0 aliphatic carbocycles. The predicted molar refractivity (Wildman–Crippen MR) is 73.7 cm³/mol. The Morgan fingerprint density at radius 1 is 1.05 bits per heavy atom. The van der Waals surface area contributed by atoms with E-state index in [2.05, 4.69) is 10.6 Å². The van der Waals surface area contributed by atoms with Gasteiger partial charge in [-0.05, 0) is 18.2 Å². The zero-order chi connectivity index (χ0) is 14.5. The van der Waals surface area contributed by atoms with Gasteiger partial charge in [-0.1, -0.05) is 35.9 Å². The van der Waals surface area contributed by atoms with Gasteiger partial charge in [0, 0.05) is 12.1 Å². The van der Waals surface area contributed by atoms with E-state index in [1.54, 1.807) is 18.2 Å². The minimum atomic E-state index is -0.666. The second-order valence-corrected chi connectivity index (χ2v) is 4.40. The first kappa shape index (κ1) is 14.3. The molecule has 0 unspecified atom stereocenters. The van der Waals surface area contributed by atoms with Crippen LogP contribution in [0.4, 0.5) is 19.3 Å². The fraction of sp³-hybridized carbons (Fsp3) is 0.0714. The van der Waals surface area contributed by atoms with Crippen molar-refractivity contribution in [3.63, 3.8) is 0 Å². The number of benzene rings is 2. The van der Waals surface area contributed by atoms with Crippen LogP contribution in [0.5, 0.6) is 0 Å². The van der Waals surface area contributed by atoms with Crippen LogP contribution < -0.4 is 10.6 Å². The van der Waals surface area contributed by atoms with E-state index >= 15 is 0 Å². The molecule has 0 aliphatic rings. The molecule has 20 heavy (non-hydrogen) atoms. The highest BCUT2D eigenvalue weighted by Crippen LogP contribution is 2.24. The van der Waals surface area contributed by atoms with Crippen molar-refractivity contribution in [3.8, 4) is 0 Å². The lowest BCUT2D eigenvalue weighted by atomic mass is 10.2. The van der Waals surface area contributed by atoms with Crippen LogP contribution in [0.3, 0.4) is 0 Å². The van der Waals surface area contributed by atoms with Crippen molar-refractivity contribution in [3.05, 3.63) is 64.7 Å². The van der Waals surface area contributed by atoms with E-state index in [4.69, 9.17) is 11.6 Å². The van der Waals surface area contributed by atoms with Crippen LogP contribution in [0.15, 0.2) is 42.5 Å². The Labute approximate surface area is 119 Å². The first-order valence-electron chi connectivity index (χ1n) is 5.80. The summed E-state index contributed by atoms with van der Waals surface area (Å²) in [6.45, 7) is -0.00935. The summed E-state index contributed by atoms with van der Waals surface area (Å²) in [6.07, 6.45) is 0. The lowest BCUT2D eigenvalue weighted by Gasteiger charge is -2.10. The van der Waals surface area contributed by atoms with Gasteiger partial charge in [0.15, 0.2) is 0 Å². The normalized spacial score (nSPS) is 10.2. The first-order chi connectivity index (χ1) is 9.58. The molecule has 2 rings (SSSR count). The van der Waals surface area contributed by atoms with Crippen molar-refractivity contribution in [1.29, 1.82) is 0 Å². The number of para-hydroxylation sites is 1. The highest BCUT2D eigenvalue weighted by molar-refractivity contribution is 6.33. The maximum Gasteiger partial charge on any atom is 0.319 e. The lowest BCUT2D eigenvalue weighted by molar-refractivity contribution is 0.251. The first-order valence-corrected chi connectivity index (χ1v) is 6.18. The third-order valence-corrected chi connectivity index (χ3v) is 2.91. The second-order valence-electron chi connectivity index (χ2n) is 4.00. The average Bonchev–Trinajstić information content (AvgIpc) is 2.42. The maximum absolute atomic E-state index is 13.5. The molecule has 2 aromatic carbocycles. The van der Waals surface area contributed by atoms with Gasteiger partial charge in [0.1, 0.15) is 11.6 Å². The monoisotopic (exact) mass is 296 g/mol. The van der Waals surface area contributed by atoms with Gasteiger partial charge < -0.3 is 10.6 Å². The summed E-state index contributed by atoms with van der Waals surface area (Å²) in [5, 5.41) is 4.81. The number of anilines is 1. The van der Waals surface area contributed by atoms with Gasteiger partial charge >= 0.3 is 6.03 Å². The van der Waals surface area contributed by atoms with E-state index in [0.29, 0.717) is 5.56 Å². The molecule has 0 aliphatic heterocycles. The fourth-order valence-electron chi connectivity index (χ4n) is 1.59. The van der Waals surface area contributed by atoms with Crippen molar-refractivity contribution in [2.75, 3.05) is 5.32 Å². The Hall–Kier alpha value is -2.14. The SMILES string of the molecule is O=C(NCc1ccccc1F)Nc1c(F)cccc1Cl. The van der Waals surface area contributed by atoms with Crippen LogP contribution in [0.1, 0.15) is 5.56 Å². The molecule has 2 aromatic rings. The topological polar surface area (TPSA) is 41.1 Å². The molecule has 2 amide bonds. The molecule has 0 atom stereocenters. The van der Waals surface area contributed by atoms with E-state index < -0.39 is 17.7 Å². The molecular formula is C14H11ClF2N2O. The van der Waals surface area contributed by atoms with Gasteiger partial charge in [-0.15, -0.1) is 0 Å². The van der Waals surface area contributed by atoms with E-state index in [-0.39, 0.29) is 17.3 Å². The third-order valence-electron chi connectivity index (χ3n) is 2.60. The number of amides is 2. The molecule has 0 radical (unpaired) electrons. The van der Waals surface area contributed by atoms with Crippen LogP contribution in [0.25, 0.3) is 0 Å². The molecular weight excluding hydrogens is 286 g/mol. The number of rotatable bonds is 3. The van der Waals surface area contributed by atoms with Gasteiger partial charge in [-0.3, -0.25) is 0 Å². The lowest BCUT2D eigenvalue weighted by Crippen LogP contribution is -2.29. The molecule has 0 bridgehead atoms. The Morgan fingerprint density at radius 2 is 1.75 bits per heavy atom. The summed E-state index contributed by atoms with van der Waals surface area (Å²) >= 11 is 5.77. The molecule has 0 saturated carbocycles. The van der Waals surface area contributed by atoms with E-state index in [1.807, 2.05) is 0 Å². The van der Waals surface area contributed by atoms with Crippen molar-refractivity contribution in [1.82, 2.24) is 5.32 Å². The quantitative estimate of drug-likeness (QED) is 0.885. The van der Waals surface area contributed by atoms with Crippen LogP contribution in [0, 0.1) is 11.6 Å². The Balaban J connectivity index is 1.98. The molecule has 104 valence electrons. The molecule has 0 spiro atoms. The van der Waals surface area contributed by atoms with Crippen molar-refractivity contribution >= 4 is 23.3 Å². The summed E-state index contributed by atoms with van der Waals surface area (Å²) in [7, 11) is 0. The number of urea groups is 1. The zero-order valence-corrected chi connectivity index (χ0v) is 11.0. The van der Waals surface area contributed by atoms with Gasteiger partial charge in [0.2, 0.25) is 0 Å².